The predicted octanol–water partition coefficient (Wildman–Crippen LogP) is 1.51. The van der Waals surface area contributed by atoms with Crippen molar-refractivity contribution in [3.05, 3.63) is 62.5 Å². The molecule has 160 valence electrons. The van der Waals surface area contributed by atoms with Crippen molar-refractivity contribution in [1.29, 1.82) is 0 Å². The molecule has 0 radical (unpaired) electrons. The summed E-state index contributed by atoms with van der Waals surface area (Å²) < 4.78 is 14.8. The van der Waals surface area contributed by atoms with Crippen LogP contribution in [-0.4, -0.2) is 50.8 Å². The summed E-state index contributed by atoms with van der Waals surface area (Å²) in [5, 5.41) is 16.4. The van der Waals surface area contributed by atoms with Gasteiger partial charge in [-0.05, 0) is 12.5 Å². The smallest absolute Gasteiger partial charge is 0.407 e. The van der Waals surface area contributed by atoms with Gasteiger partial charge in [0.2, 0.25) is 0 Å². The minimum Gasteiger partial charge on any atom is -0.466 e. The van der Waals surface area contributed by atoms with Crippen molar-refractivity contribution >= 4 is 23.7 Å². The number of nitro benzene ring substituents is 1. The third-order valence-electron chi connectivity index (χ3n) is 4.42. The van der Waals surface area contributed by atoms with Gasteiger partial charge in [0, 0.05) is 24.9 Å². The molecule has 0 aliphatic carbocycles. The molecule has 11 nitrogen and oxygen atoms in total. The minimum atomic E-state index is -1.05. The van der Waals surface area contributed by atoms with E-state index in [0.29, 0.717) is 11.3 Å². The van der Waals surface area contributed by atoms with Crippen LogP contribution < -0.4 is 10.6 Å². The number of hydrogen-bond acceptors (Lipinski definition) is 9. The van der Waals surface area contributed by atoms with E-state index in [1.165, 1.54) is 32.4 Å². The van der Waals surface area contributed by atoms with E-state index in [9.17, 15) is 24.5 Å². The van der Waals surface area contributed by atoms with E-state index < -0.39 is 28.9 Å². The van der Waals surface area contributed by atoms with Crippen molar-refractivity contribution in [2.24, 2.45) is 0 Å². The predicted molar refractivity (Wildman–Crippen MR) is 103 cm³/mol. The van der Waals surface area contributed by atoms with E-state index >= 15 is 0 Å². The van der Waals surface area contributed by atoms with Crippen molar-refractivity contribution in [3.8, 4) is 0 Å². The summed E-state index contributed by atoms with van der Waals surface area (Å²) in [7, 11) is 3.71. The molecule has 0 spiro atoms. The van der Waals surface area contributed by atoms with Crippen LogP contribution in [0.15, 0.2) is 46.8 Å². The standard InChI is InChI=1S/C19H21N3O8/c1-10-14(17(23)28-3)15(11-6-5-7-12(8-11)22(26)27)16(18(24)29-4)13(21-10)9-30-19(25)20-2/h5-8,15,21H,9H2,1-4H3,(H,20,25). The van der Waals surface area contributed by atoms with Gasteiger partial charge in [-0.1, -0.05) is 12.1 Å². The van der Waals surface area contributed by atoms with E-state index in [0.717, 1.165) is 7.11 Å². The third-order valence-corrected chi connectivity index (χ3v) is 4.42. The highest BCUT2D eigenvalue weighted by atomic mass is 16.6. The maximum Gasteiger partial charge on any atom is 0.407 e. The van der Waals surface area contributed by atoms with Crippen molar-refractivity contribution in [1.82, 2.24) is 10.6 Å². The SMILES string of the molecule is CNC(=O)OCC1=C(C(=O)OC)C(c2cccc([N+](=O)[O-])c2)C(C(=O)OC)=C(C)N1. The van der Waals surface area contributed by atoms with Crippen molar-refractivity contribution in [2.45, 2.75) is 12.8 Å². The number of ether oxygens (including phenoxy) is 3. The number of nitrogens with one attached hydrogen (secondary N) is 2. The number of carbonyl (C=O) groups is 3. The number of hydrogen-bond donors (Lipinski definition) is 2. The number of non-ortho nitro benzene ring substituents is 1. The van der Waals surface area contributed by atoms with Gasteiger partial charge in [-0.2, -0.15) is 0 Å². The number of methoxy groups -OCH3 is 2. The second-order valence-corrected chi connectivity index (χ2v) is 6.15. The molecule has 2 rings (SSSR count). The highest BCUT2D eigenvalue weighted by Gasteiger charge is 2.39. The van der Waals surface area contributed by atoms with Gasteiger partial charge in [-0.3, -0.25) is 10.1 Å². The molecule has 0 saturated carbocycles. The number of nitrogens with zero attached hydrogens (tertiary/aromatic N) is 1. The van der Waals surface area contributed by atoms with Crippen LogP contribution in [0, 0.1) is 10.1 Å². The molecular weight excluding hydrogens is 398 g/mol. The molecule has 1 heterocycles. The molecule has 0 bridgehead atoms. The Bertz CT molecular complexity index is 951. The Labute approximate surface area is 171 Å². The van der Waals surface area contributed by atoms with Gasteiger partial charge in [0.15, 0.2) is 0 Å². The van der Waals surface area contributed by atoms with Crippen molar-refractivity contribution < 1.29 is 33.5 Å². The first-order valence-corrected chi connectivity index (χ1v) is 8.71. The molecule has 2 N–H and O–H groups in total. The molecule has 11 heteroatoms. The van der Waals surface area contributed by atoms with Crippen LogP contribution in [0.1, 0.15) is 18.4 Å². The van der Waals surface area contributed by atoms with E-state index in [4.69, 9.17) is 14.2 Å². The zero-order chi connectivity index (χ0) is 22.4. The number of rotatable bonds is 6. The van der Waals surface area contributed by atoms with Gasteiger partial charge < -0.3 is 24.8 Å². The fourth-order valence-corrected chi connectivity index (χ4v) is 3.10. The summed E-state index contributed by atoms with van der Waals surface area (Å²) in [6.07, 6.45) is -0.735. The molecule has 0 aromatic heterocycles. The Morgan fingerprint density at radius 2 is 1.80 bits per heavy atom. The average molecular weight is 419 g/mol. The molecule has 1 aliphatic rings. The van der Waals surface area contributed by atoms with Crippen LogP contribution in [-0.2, 0) is 23.8 Å². The maximum absolute atomic E-state index is 12.7. The summed E-state index contributed by atoms with van der Waals surface area (Å²) in [5.74, 6) is -2.58. The van der Waals surface area contributed by atoms with Gasteiger partial charge in [0.25, 0.3) is 5.69 Å². The quantitative estimate of drug-likeness (QED) is 0.303. The molecule has 1 aliphatic heterocycles. The summed E-state index contributed by atoms with van der Waals surface area (Å²) in [4.78, 5) is 47.4. The van der Waals surface area contributed by atoms with Crippen LogP contribution >= 0.6 is 0 Å². The fourth-order valence-electron chi connectivity index (χ4n) is 3.10. The molecule has 1 aromatic carbocycles. The first-order valence-electron chi connectivity index (χ1n) is 8.71. The molecule has 1 amide bonds. The second-order valence-electron chi connectivity index (χ2n) is 6.15. The van der Waals surface area contributed by atoms with Crippen LogP contribution in [0.5, 0.6) is 0 Å². The summed E-state index contributed by atoms with van der Waals surface area (Å²) in [6.45, 7) is 1.24. The molecule has 1 unspecified atom stereocenters. The van der Waals surface area contributed by atoms with Gasteiger partial charge >= 0.3 is 18.0 Å². The lowest BCUT2D eigenvalue weighted by molar-refractivity contribution is -0.384. The Balaban J connectivity index is 2.72. The largest absolute Gasteiger partial charge is 0.466 e. The number of amides is 1. The fraction of sp³-hybridized carbons (Fsp3) is 0.316. The Hall–Kier alpha value is -3.89. The van der Waals surface area contributed by atoms with E-state index in [2.05, 4.69) is 10.6 Å². The summed E-state index contributed by atoms with van der Waals surface area (Å²) >= 11 is 0. The number of benzene rings is 1. The monoisotopic (exact) mass is 419 g/mol. The molecular formula is C19H21N3O8. The van der Waals surface area contributed by atoms with Crippen molar-refractivity contribution in [3.63, 3.8) is 0 Å². The topological polar surface area (TPSA) is 146 Å². The first-order chi connectivity index (χ1) is 14.2. The highest BCUT2D eigenvalue weighted by Crippen LogP contribution is 2.40. The number of dihydropyridines is 1. The lowest BCUT2D eigenvalue weighted by Crippen LogP contribution is -2.35. The highest BCUT2D eigenvalue weighted by molar-refractivity contribution is 6.00. The molecule has 0 fully saturated rings. The average Bonchev–Trinajstić information content (AvgIpc) is 2.75. The minimum absolute atomic E-state index is 0.0344. The Morgan fingerprint density at radius 3 is 2.37 bits per heavy atom. The normalized spacial score (nSPS) is 15.8. The number of esters is 2. The van der Waals surface area contributed by atoms with Crippen LogP contribution in [0.25, 0.3) is 0 Å². The van der Waals surface area contributed by atoms with E-state index in [1.54, 1.807) is 13.0 Å². The van der Waals surface area contributed by atoms with Gasteiger partial charge in [0.05, 0.1) is 41.9 Å². The number of allylic oxidation sites excluding steroid dienone is 1. The van der Waals surface area contributed by atoms with Gasteiger partial charge in [-0.15, -0.1) is 0 Å². The summed E-state index contributed by atoms with van der Waals surface area (Å²) in [6, 6.07) is 5.52. The first kappa shape index (κ1) is 22.4. The lowest BCUT2D eigenvalue weighted by Gasteiger charge is -2.30. The van der Waals surface area contributed by atoms with Gasteiger partial charge in [-0.25, -0.2) is 14.4 Å². The maximum atomic E-state index is 12.7. The summed E-state index contributed by atoms with van der Waals surface area (Å²) in [5.41, 5.74) is 0.618. The third kappa shape index (κ3) is 4.57. The lowest BCUT2D eigenvalue weighted by atomic mass is 9.80. The van der Waals surface area contributed by atoms with Crippen LogP contribution in [0.2, 0.25) is 0 Å². The zero-order valence-corrected chi connectivity index (χ0v) is 16.8. The Morgan fingerprint density at radius 1 is 1.17 bits per heavy atom. The number of nitro groups is 1. The second kappa shape index (κ2) is 9.54. The zero-order valence-electron chi connectivity index (χ0n) is 16.8. The number of alkyl carbamates (subject to hydrolysis) is 1. The molecule has 0 saturated heterocycles. The molecule has 30 heavy (non-hydrogen) atoms. The van der Waals surface area contributed by atoms with E-state index in [-0.39, 0.29) is 29.1 Å². The van der Waals surface area contributed by atoms with Crippen molar-refractivity contribution in [2.75, 3.05) is 27.9 Å². The molecule has 1 atom stereocenters. The Kier molecular flexibility index (Phi) is 7.13. The van der Waals surface area contributed by atoms with Gasteiger partial charge in [0.1, 0.15) is 6.61 Å². The van der Waals surface area contributed by atoms with E-state index in [1.807, 2.05) is 0 Å². The molecule has 1 aromatic rings. The van der Waals surface area contributed by atoms with Crippen LogP contribution in [0.4, 0.5) is 10.5 Å². The van der Waals surface area contributed by atoms with Crippen LogP contribution in [0.3, 0.4) is 0 Å². The number of carbonyl (C=O) groups excluding carboxylic acids is 3.